The average molecular weight is 360 g/mol. The van der Waals surface area contributed by atoms with Crippen LogP contribution in [0.15, 0.2) is 16.8 Å². The zero-order valence-corrected chi connectivity index (χ0v) is 15.6. The number of nitrogens with one attached hydrogen (secondary N) is 1. The highest BCUT2D eigenvalue weighted by atomic mass is 32.1. The van der Waals surface area contributed by atoms with Gasteiger partial charge in [-0.25, -0.2) is 15.0 Å². The molecule has 24 heavy (non-hydrogen) atoms. The minimum absolute atomic E-state index is 0.497. The highest BCUT2D eigenvalue weighted by Crippen LogP contribution is 2.30. The Kier molecular flexibility index (Phi) is 4.37. The van der Waals surface area contributed by atoms with Gasteiger partial charge >= 0.3 is 0 Å². The van der Waals surface area contributed by atoms with E-state index in [9.17, 15) is 0 Å². The Bertz CT molecular complexity index is 832. The summed E-state index contributed by atoms with van der Waals surface area (Å²) < 4.78 is 0. The summed E-state index contributed by atoms with van der Waals surface area (Å²) in [6.45, 7) is 6.20. The van der Waals surface area contributed by atoms with Gasteiger partial charge in [0, 0.05) is 30.9 Å². The van der Waals surface area contributed by atoms with E-state index < -0.39 is 0 Å². The van der Waals surface area contributed by atoms with Gasteiger partial charge < -0.3 is 10.2 Å². The number of piperidine rings is 1. The number of aromatic nitrogens is 3. The van der Waals surface area contributed by atoms with Gasteiger partial charge in [-0.15, -0.1) is 22.7 Å². The molecule has 0 aromatic carbocycles. The van der Waals surface area contributed by atoms with E-state index in [4.69, 9.17) is 4.98 Å². The maximum absolute atomic E-state index is 4.82. The monoisotopic (exact) mass is 359 g/mol. The summed E-state index contributed by atoms with van der Waals surface area (Å²) in [5.74, 6) is 2.06. The number of rotatable bonds is 4. The van der Waals surface area contributed by atoms with Gasteiger partial charge in [0.05, 0.1) is 11.1 Å². The van der Waals surface area contributed by atoms with Gasteiger partial charge in [-0.1, -0.05) is 6.92 Å². The lowest BCUT2D eigenvalue weighted by Crippen LogP contribution is -2.39. The predicted molar refractivity (Wildman–Crippen MR) is 103 cm³/mol. The Hall–Kier alpha value is -1.73. The van der Waals surface area contributed by atoms with Crippen LogP contribution in [0.2, 0.25) is 0 Å². The number of thiophene rings is 1. The number of aryl methyl sites for hydroxylation is 2. The van der Waals surface area contributed by atoms with E-state index in [1.54, 1.807) is 22.7 Å². The van der Waals surface area contributed by atoms with Gasteiger partial charge in [0.25, 0.3) is 0 Å². The van der Waals surface area contributed by atoms with Crippen molar-refractivity contribution in [3.05, 3.63) is 28.3 Å². The molecule has 3 aromatic heterocycles. The van der Waals surface area contributed by atoms with E-state index in [0.29, 0.717) is 6.04 Å². The van der Waals surface area contributed by atoms with E-state index >= 15 is 0 Å². The molecule has 4 heterocycles. The van der Waals surface area contributed by atoms with Crippen molar-refractivity contribution >= 4 is 43.8 Å². The van der Waals surface area contributed by atoms with Gasteiger partial charge in [0.1, 0.15) is 16.5 Å². The van der Waals surface area contributed by atoms with Gasteiger partial charge in [0.2, 0.25) is 0 Å². The van der Waals surface area contributed by atoms with Crippen molar-refractivity contribution in [1.29, 1.82) is 0 Å². The standard InChI is InChI=1S/C17H21N5S2/c1-3-14-20-15(13-6-9-23-16(13)21-14)22-7-4-12(5-8-22)19-17-18-11(2)10-24-17/h6,9-10,12H,3-5,7-8H2,1-2H3,(H,18,19). The summed E-state index contributed by atoms with van der Waals surface area (Å²) in [5.41, 5.74) is 1.09. The molecule has 0 saturated carbocycles. The van der Waals surface area contributed by atoms with Crippen LogP contribution in [-0.4, -0.2) is 34.1 Å². The van der Waals surface area contributed by atoms with E-state index in [0.717, 1.165) is 59.7 Å². The second kappa shape index (κ2) is 6.64. The zero-order valence-electron chi connectivity index (χ0n) is 14.0. The van der Waals surface area contributed by atoms with Gasteiger partial charge in [-0.2, -0.15) is 0 Å². The van der Waals surface area contributed by atoms with Gasteiger partial charge in [-0.05, 0) is 31.2 Å². The van der Waals surface area contributed by atoms with E-state index in [1.165, 1.54) is 5.39 Å². The van der Waals surface area contributed by atoms with Crippen molar-refractivity contribution in [3.63, 3.8) is 0 Å². The largest absolute Gasteiger partial charge is 0.359 e. The lowest BCUT2D eigenvalue weighted by atomic mass is 10.1. The SMILES string of the molecule is CCc1nc(N2CCC(Nc3nc(C)cs3)CC2)c2ccsc2n1. The average Bonchev–Trinajstić information content (AvgIpc) is 3.23. The van der Waals surface area contributed by atoms with Crippen LogP contribution in [0, 0.1) is 6.92 Å². The van der Waals surface area contributed by atoms with Crippen LogP contribution in [0.4, 0.5) is 10.9 Å². The van der Waals surface area contributed by atoms with Crippen LogP contribution in [0.1, 0.15) is 31.3 Å². The molecule has 0 spiro atoms. The smallest absolute Gasteiger partial charge is 0.183 e. The van der Waals surface area contributed by atoms with Gasteiger partial charge in [-0.3, -0.25) is 0 Å². The third kappa shape index (κ3) is 3.10. The molecule has 0 unspecified atom stereocenters. The van der Waals surface area contributed by atoms with Gasteiger partial charge in [0.15, 0.2) is 5.13 Å². The molecule has 126 valence electrons. The number of anilines is 2. The Balaban J connectivity index is 1.48. The normalized spacial score (nSPS) is 16.0. The van der Waals surface area contributed by atoms with Crippen molar-refractivity contribution in [2.24, 2.45) is 0 Å². The molecule has 1 aliphatic rings. The highest BCUT2D eigenvalue weighted by molar-refractivity contribution is 7.16. The maximum Gasteiger partial charge on any atom is 0.183 e. The van der Waals surface area contributed by atoms with Crippen molar-refractivity contribution in [3.8, 4) is 0 Å². The third-order valence-electron chi connectivity index (χ3n) is 4.41. The number of hydrogen-bond donors (Lipinski definition) is 1. The summed E-state index contributed by atoms with van der Waals surface area (Å²) in [5, 5.41) is 10.0. The van der Waals surface area contributed by atoms with Crippen molar-refractivity contribution in [2.45, 2.75) is 39.2 Å². The van der Waals surface area contributed by atoms with Crippen molar-refractivity contribution in [1.82, 2.24) is 15.0 Å². The second-order valence-corrected chi connectivity index (χ2v) is 7.91. The number of fused-ring (bicyclic) bond motifs is 1. The summed E-state index contributed by atoms with van der Waals surface area (Å²) in [7, 11) is 0. The van der Waals surface area contributed by atoms with Crippen LogP contribution in [0.5, 0.6) is 0 Å². The van der Waals surface area contributed by atoms with Crippen molar-refractivity contribution < 1.29 is 0 Å². The molecular weight excluding hydrogens is 338 g/mol. The molecular formula is C17H21N5S2. The fraction of sp³-hybridized carbons (Fsp3) is 0.471. The Morgan fingerprint density at radius 3 is 2.75 bits per heavy atom. The molecule has 3 aromatic rings. The van der Waals surface area contributed by atoms with Crippen LogP contribution in [0.3, 0.4) is 0 Å². The maximum atomic E-state index is 4.82. The number of hydrogen-bond acceptors (Lipinski definition) is 7. The molecule has 7 heteroatoms. The molecule has 1 saturated heterocycles. The molecule has 0 amide bonds. The third-order valence-corrected chi connectivity index (χ3v) is 6.11. The first-order valence-electron chi connectivity index (χ1n) is 8.40. The fourth-order valence-electron chi connectivity index (χ4n) is 3.11. The molecule has 5 nitrogen and oxygen atoms in total. The molecule has 1 N–H and O–H groups in total. The zero-order chi connectivity index (χ0) is 16.5. The molecule has 1 aliphatic heterocycles. The van der Waals surface area contributed by atoms with E-state index in [-0.39, 0.29) is 0 Å². The van der Waals surface area contributed by atoms with Crippen molar-refractivity contribution in [2.75, 3.05) is 23.3 Å². The lowest BCUT2D eigenvalue weighted by molar-refractivity contribution is 0.523. The molecule has 0 bridgehead atoms. The molecule has 0 atom stereocenters. The van der Waals surface area contributed by atoms with E-state index in [1.807, 2.05) is 6.92 Å². The number of nitrogens with zero attached hydrogens (tertiary/aromatic N) is 4. The fourth-order valence-corrected chi connectivity index (χ4v) is 4.66. The quantitative estimate of drug-likeness (QED) is 0.760. The Morgan fingerprint density at radius 1 is 1.21 bits per heavy atom. The van der Waals surface area contributed by atoms with E-state index in [2.05, 4.69) is 43.9 Å². The Labute approximate surface area is 149 Å². The molecule has 0 radical (unpaired) electrons. The molecule has 0 aliphatic carbocycles. The predicted octanol–water partition coefficient (Wildman–Crippen LogP) is 4.10. The van der Waals surface area contributed by atoms with Crippen LogP contribution in [0.25, 0.3) is 10.2 Å². The Morgan fingerprint density at radius 2 is 2.04 bits per heavy atom. The summed E-state index contributed by atoms with van der Waals surface area (Å²) >= 11 is 3.40. The summed E-state index contributed by atoms with van der Waals surface area (Å²) in [6, 6.07) is 2.65. The van der Waals surface area contributed by atoms with Crippen LogP contribution >= 0.6 is 22.7 Å². The molecule has 1 fully saturated rings. The van der Waals surface area contributed by atoms with Crippen LogP contribution < -0.4 is 10.2 Å². The second-order valence-electron chi connectivity index (χ2n) is 6.16. The first-order chi connectivity index (χ1) is 11.7. The minimum atomic E-state index is 0.497. The number of thiazole rings is 1. The first kappa shape index (κ1) is 15.8. The minimum Gasteiger partial charge on any atom is -0.359 e. The molecule has 4 rings (SSSR count). The summed E-state index contributed by atoms with van der Waals surface area (Å²) in [4.78, 5) is 17.5. The lowest BCUT2D eigenvalue weighted by Gasteiger charge is -2.33. The summed E-state index contributed by atoms with van der Waals surface area (Å²) in [6.07, 6.45) is 3.09. The topological polar surface area (TPSA) is 53.9 Å². The highest BCUT2D eigenvalue weighted by Gasteiger charge is 2.23. The van der Waals surface area contributed by atoms with Crippen LogP contribution in [-0.2, 0) is 6.42 Å². The first-order valence-corrected chi connectivity index (χ1v) is 10.2.